The van der Waals surface area contributed by atoms with Gasteiger partial charge in [-0.25, -0.2) is 0 Å². The first kappa shape index (κ1) is 19.1. The highest BCUT2D eigenvalue weighted by Crippen LogP contribution is 2.38. The van der Waals surface area contributed by atoms with Crippen LogP contribution in [-0.4, -0.2) is 44.7 Å². The molecule has 1 aromatic heterocycles. The Morgan fingerprint density at radius 2 is 1.79 bits per heavy atom. The van der Waals surface area contributed by atoms with E-state index in [0.29, 0.717) is 30.3 Å². The molecule has 7 heteroatoms. The largest absolute Gasteiger partial charge is 0.370 e. The number of thiophene rings is 1. The van der Waals surface area contributed by atoms with Gasteiger partial charge in [-0.05, 0) is 43.4 Å². The van der Waals surface area contributed by atoms with Gasteiger partial charge in [0.05, 0.1) is 18.8 Å². The quantitative estimate of drug-likeness (QED) is 0.716. The Morgan fingerprint density at radius 1 is 1.04 bits per heavy atom. The number of ether oxygens (including phenoxy) is 1. The topological polar surface area (TPSA) is 71.9 Å². The van der Waals surface area contributed by atoms with Gasteiger partial charge in [0.25, 0.3) is 11.8 Å². The molecule has 1 aromatic carbocycles. The molecule has 1 saturated heterocycles. The smallest absolute Gasteiger partial charge is 0.280 e. The summed E-state index contributed by atoms with van der Waals surface area (Å²) in [5, 5.41) is 6.72. The molecule has 2 aliphatic rings. The molecule has 0 bridgehead atoms. The van der Waals surface area contributed by atoms with Gasteiger partial charge in [-0.15, -0.1) is 11.3 Å². The van der Waals surface area contributed by atoms with Crippen molar-refractivity contribution in [2.75, 3.05) is 43.5 Å². The first-order chi connectivity index (χ1) is 13.7. The molecule has 3 N–H and O–H groups in total. The van der Waals surface area contributed by atoms with Crippen molar-refractivity contribution in [3.63, 3.8) is 0 Å². The van der Waals surface area contributed by atoms with E-state index >= 15 is 0 Å². The number of rotatable bonds is 5. The van der Waals surface area contributed by atoms with Crippen molar-refractivity contribution in [2.45, 2.75) is 25.7 Å². The molecular formula is C21H26N3O3S+. The van der Waals surface area contributed by atoms with Crippen molar-refractivity contribution in [1.82, 2.24) is 0 Å². The van der Waals surface area contributed by atoms with Gasteiger partial charge in [0, 0.05) is 10.6 Å². The van der Waals surface area contributed by atoms with Crippen molar-refractivity contribution in [1.29, 1.82) is 0 Å². The molecule has 2 heterocycles. The van der Waals surface area contributed by atoms with E-state index in [1.54, 1.807) is 11.3 Å². The highest BCUT2D eigenvalue weighted by Gasteiger charge is 2.27. The summed E-state index contributed by atoms with van der Waals surface area (Å²) in [6.07, 6.45) is 4.10. The fourth-order valence-corrected chi connectivity index (χ4v) is 5.15. The van der Waals surface area contributed by atoms with Gasteiger partial charge in [-0.1, -0.05) is 18.2 Å². The molecule has 1 fully saturated rings. The third-order valence-electron chi connectivity index (χ3n) is 5.29. The predicted octanol–water partition coefficient (Wildman–Crippen LogP) is 1.73. The average molecular weight is 401 g/mol. The zero-order valence-corrected chi connectivity index (χ0v) is 16.7. The molecule has 0 atom stereocenters. The predicted molar refractivity (Wildman–Crippen MR) is 110 cm³/mol. The number of anilines is 2. The van der Waals surface area contributed by atoms with E-state index in [9.17, 15) is 9.59 Å². The Hall–Kier alpha value is -2.22. The number of morpholine rings is 1. The monoisotopic (exact) mass is 400 g/mol. The van der Waals surface area contributed by atoms with Crippen molar-refractivity contribution in [2.24, 2.45) is 0 Å². The van der Waals surface area contributed by atoms with E-state index in [-0.39, 0.29) is 11.8 Å². The molecule has 0 unspecified atom stereocenters. The number of hydrogen-bond acceptors (Lipinski definition) is 4. The van der Waals surface area contributed by atoms with Gasteiger partial charge in [0.2, 0.25) is 0 Å². The molecule has 6 nitrogen and oxygen atoms in total. The minimum absolute atomic E-state index is 0.0377. The average Bonchev–Trinajstić information content (AvgIpc) is 3.07. The molecule has 0 spiro atoms. The van der Waals surface area contributed by atoms with Gasteiger partial charge in [-0.2, -0.15) is 0 Å². The highest BCUT2D eigenvalue weighted by molar-refractivity contribution is 7.17. The lowest BCUT2D eigenvalue weighted by Gasteiger charge is -2.23. The van der Waals surface area contributed by atoms with Crippen LogP contribution in [0.5, 0.6) is 0 Å². The van der Waals surface area contributed by atoms with Gasteiger partial charge >= 0.3 is 0 Å². The molecule has 1 aliphatic carbocycles. The Balaban J connectivity index is 1.53. The van der Waals surface area contributed by atoms with Crippen LogP contribution in [-0.2, 0) is 22.4 Å². The van der Waals surface area contributed by atoms with Crippen LogP contribution in [0, 0.1) is 0 Å². The number of hydrogen-bond donors (Lipinski definition) is 3. The SMILES string of the molecule is O=C(C[NH+]1CCOCC1)Nc1sc2c(c1C(=O)Nc1ccccc1)CCCC2. The van der Waals surface area contributed by atoms with Crippen LogP contribution in [0.15, 0.2) is 30.3 Å². The Morgan fingerprint density at radius 3 is 2.57 bits per heavy atom. The lowest BCUT2D eigenvalue weighted by molar-refractivity contribution is -0.899. The maximum Gasteiger partial charge on any atom is 0.280 e. The fourth-order valence-electron chi connectivity index (χ4n) is 3.84. The van der Waals surface area contributed by atoms with E-state index in [0.717, 1.165) is 50.0 Å². The van der Waals surface area contributed by atoms with Gasteiger partial charge < -0.3 is 20.3 Å². The van der Waals surface area contributed by atoms with Crippen molar-refractivity contribution < 1.29 is 19.2 Å². The summed E-state index contributed by atoms with van der Waals surface area (Å²) in [6, 6.07) is 9.45. The number of nitrogens with one attached hydrogen (secondary N) is 3. The second-order valence-electron chi connectivity index (χ2n) is 7.32. The second kappa shape index (κ2) is 8.86. The lowest BCUT2D eigenvalue weighted by atomic mass is 9.95. The third-order valence-corrected chi connectivity index (χ3v) is 6.50. The normalized spacial score (nSPS) is 17.0. The van der Waals surface area contributed by atoms with Crippen LogP contribution < -0.4 is 15.5 Å². The maximum atomic E-state index is 13.1. The number of carbonyl (C=O) groups excluding carboxylic acids is 2. The van der Waals surface area contributed by atoms with Gasteiger partial charge in [0.15, 0.2) is 6.54 Å². The minimum Gasteiger partial charge on any atom is -0.370 e. The summed E-state index contributed by atoms with van der Waals surface area (Å²) in [4.78, 5) is 28.1. The third kappa shape index (κ3) is 4.43. The summed E-state index contributed by atoms with van der Waals surface area (Å²) in [5.74, 6) is -0.177. The molecule has 4 rings (SSSR count). The van der Waals surface area contributed by atoms with Crippen molar-refractivity contribution in [3.8, 4) is 0 Å². The number of quaternary nitrogens is 1. The minimum atomic E-state index is -0.139. The molecule has 28 heavy (non-hydrogen) atoms. The van der Waals surface area contributed by atoms with E-state index in [2.05, 4.69) is 10.6 Å². The van der Waals surface area contributed by atoms with Crippen molar-refractivity contribution in [3.05, 3.63) is 46.3 Å². The molecule has 0 saturated carbocycles. The summed E-state index contributed by atoms with van der Waals surface area (Å²) in [6.45, 7) is 3.48. The number of amides is 2. The molecule has 2 amide bonds. The molecule has 0 radical (unpaired) electrons. The zero-order valence-electron chi connectivity index (χ0n) is 15.9. The number of para-hydroxylation sites is 1. The van der Waals surface area contributed by atoms with Crippen LogP contribution in [0.1, 0.15) is 33.6 Å². The summed E-state index contributed by atoms with van der Waals surface area (Å²) < 4.78 is 5.36. The van der Waals surface area contributed by atoms with E-state index in [1.165, 1.54) is 9.78 Å². The van der Waals surface area contributed by atoms with Gasteiger partial charge in [0.1, 0.15) is 18.1 Å². The number of carbonyl (C=O) groups is 2. The zero-order chi connectivity index (χ0) is 19.3. The number of aryl methyl sites for hydroxylation is 1. The Labute approximate surface area is 168 Å². The standard InChI is InChI=1S/C21H25N3O3S/c25-18(14-24-10-12-27-13-11-24)23-21-19(16-8-4-5-9-17(16)28-21)20(26)22-15-6-2-1-3-7-15/h1-3,6-7H,4-5,8-14H2,(H,22,26)(H,23,25)/p+1. The summed E-state index contributed by atoms with van der Waals surface area (Å²) in [5.41, 5.74) is 2.52. The first-order valence-corrected chi connectivity index (χ1v) is 10.7. The van der Waals surface area contributed by atoms with E-state index < -0.39 is 0 Å². The van der Waals surface area contributed by atoms with Crippen LogP contribution in [0.25, 0.3) is 0 Å². The van der Waals surface area contributed by atoms with Crippen LogP contribution in [0.3, 0.4) is 0 Å². The van der Waals surface area contributed by atoms with Gasteiger partial charge in [-0.3, -0.25) is 9.59 Å². The van der Waals surface area contributed by atoms with Crippen LogP contribution in [0.4, 0.5) is 10.7 Å². The van der Waals surface area contributed by atoms with E-state index in [1.807, 2.05) is 30.3 Å². The fraction of sp³-hybridized carbons (Fsp3) is 0.429. The summed E-state index contributed by atoms with van der Waals surface area (Å²) in [7, 11) is 0. The first-order valence-electron chi connectivity index (χ1n) is 9.93. The molecular weight excluding hydrogens is 374 g/mol. The van der Waals surface area contributed by atoms with Crippen LogP contribution >= 0.6 is 11.3 Å². The molecule has 1 aliphatic heterocycles. The van der Waals surface area contributed by atoms with E-state index in [4.69, 9.17) is 4.74 Å². The second-order valence-corrected chi connectivity index (χ2v) is 8.43. The molecule has 2 aromatic rings. The Bertz CT molecular complexity index is 844. The number of fused-ring (bicyclic) bond motifs is 1. The summed E-state index contributed by atoms with van der Waals surface area (Å²) >= 11 is 1.56. The maximum absolute atomic E-state index is 13.1. The van der Waals surface area contributed by atoms with Crippen molar-refractivity contribution >= 4 is 33.8 Å². The lowest BCUT2D eigenvalue weighted by Crippen LogP contribution is -3.15. The molecule has 148 valence electrons. The highest BCUT2D eigenvalue weighted by atomic mass is 32.1. The van der Waals surface area contributed by atoms with Crippen LogP contribution in [0.2, 0.25) is 0 Å². The number of benzene rings is 1. The Kier molecular flexibility index (Phi) is 6.04.